The Kier molecular flexibility index (Phi) is 3.53. The molecular formula is C12H19NO. The average Bonchev–Trinajstić information content (AvgIpc) is 2.15. The molecule has 0 aromatic heterocycles. The second-order valence-electron chi connectivity index (χ2n) is 3.88. The summed E-state index contributed by atoms with van der Waals surface area (Å²) in [6.45, 7) is 8.93. The van der Waals surface area contributed by atoms with Crippen molar-refractivity contribution in [3.63, 3.8) is 0 Å². The van der Waals surface area contributed by atoms with Crippen molar-refractivity contribution in [2.24, 2.45) is 0 Å². The van der Waals surface area contributed by atoms with Crippen molar-refractivity contribution in [2.45, 2.75) is 33.6 Å². The van der Waals surface area contributed by atoms with E-state index in [0.717, 1.165) is 5.69 Å². The van der Waals surface area contributed by atoms with E-state index in [1.807, 2.05) is 19.1 Å². The van der Waals surface area contributed by atoms with Crippen LogP contribution in [0.25, 0.3) is 0 Å². The van der Waals surface area contributed by atoms with Crippen molar-refractivity contribution in [3.8, 4) is 0 Å². The molecule has 78 valence electrons. The van der Waals surface area contributed by atoms with Gasteiger partial charge >= 0.3 is 0 Å². The third-order valence-electron chi connectivity index (χ3n) is 2.46. The van der Waals surface area contributed by atoms with Crippen LogP contribution in [-0.2, 0) is 0 Å². The van der Waals surface area contributed by atoms with Crippen LogP contribution in [0.5, 0.6) is 0 Å². The molecule has 1 aromatic carbocycles. The van der Waals surface area contributed by atoms with E-state index in [1.54, 1.807) is 0 Å². The summed E-state index contributed by atoms with van der Waals surface area (Å²) in [7, 11) is 0. The quantitative estimate of drug-likeness (QED) is 0.744. The van der Waals surface area contributed by atoms with Gasteiger partial charge in [-0.2, -0.15) is 0 Å². The third-order valence-corrected chi connectivity index (χ3v) is 2.46. The number of nitrogens with zero attached hydrogens (tertiary/aromatic N) is 1. The maximum atomic E-state index is 9.72. The van der Waals surface area contributed by atoms with E-state index >= 15 is 0 Å². The number of benzene rings is 1. The second-order valence-corrected chi connectivity index (χ2v) is 3.88. The molecular weight excluding hydrogens is 174 g/mol. The molecule has 1 rings (SSSR count). The first-order valence-electron chi connectivity index (χ1n) is 5.13. The first-order valence-corrected chi connectivity index (χ1v) is 5.13. The Bertz CT molecular complexity index is 307. The van der Waals surface area contributed by atoms with E-state index in [2.05, 4.69) is 26.8 Å². The van der Waals surface area contributed by atoms with Crippen molar-refractivity contribution in [1.82, 2.24) is 0 Å². The summed E-state index contributed by atoms with van der Waals surface area (Å²) in [5, 5.41) is 11.0. The van der Waals surface area contributed by atoms with Gasteiger partial charge in [0.25, 0.3) is 0 Å². The fourth-order valence-electron chi connectivity index (χ4n) is 1.81. The Morgan fingerprint density at radius 3 is 2.50 bits per heavy atom. The van der Waals surface area contributed by atoms with Gasteiger partial charge in [0.2, 0.25) is 0 Å². The maximum absolute atomic E-state index is 9.72. The molecule has 0 amide bonds. The average molecular weight is 193 g/mol. The molecule has 0 saturated carbocycles. The van der Waals surface area contributed by atoms with Crippen LogP contribution in [0.3, 0.4) is 0 Å². The SMILES string of the molecule is CCN(O)c1cccc(C)c1C(C)C. The zero-order valence-electron chi connectivity index (χ0n) is 9.41. The summed E-state index contributed by atoms with van der Waals surface area (Å²) in [6, 6.07) is 6.03. The first kappa shape index (κ1) is 11.1. The molecule has 1 aromatic rings. The summed E-state index contributed by atoms with van der Waals surface area (Å²) in [5.41, 5.74) is 3.41. The Labute approximate surface area is 86.1 Å². The number of hydrogen-bond acceptors (Lipinski definition) is 2. The normalized spacial score (nSPS) is 10.7. The third kappa shape index (κ3) is 2.07. The van der Waals surface area contributed by atoms with Gasteiger partial charge in [-0.3, -0.25) is 10.3 Å². The lowest BCUT2D eigenvalue weighted by atomic mass is 9.96. The van der Waals surface area contributed by atoms with Gasteiger partial charge < -0.3 is 0 Å². The maximum Gasteiger partial charge on any atom is 0.0671 e. The molecule has 0 radical (unpaired) electrons. The van der Waals surface area contributed by atoms with Gasteiger partial charge in [0.15, 0.2) is 0 Å². The lowest BCUT2D eigenvalue weighted by Crippen LogP contribution is -2.19. The molecule has 0 bridgehead atoms. The standard InChI is InChI=1S/C12H19NO/c1-5-13(14)11-8-6-7-10(4)12(11)9(2)3/h6-9,14H,5H2,1-4H3. The molecule has 2 heteroatoms. The van der Waals surface area contributed by atoms with E-state index in [-0.39, 0.29) is 0 Å². The summed E-state index contributed by atoms with van der Waals surface area (Å²) < 4.78 is 0. The Morgan fingerprint density at radius 2 is 2.00 bits per heavy atom. The molecule has 0 atom stereocenters. The number of rotatable bonds is 3. The number of anilines is 1. The highest BCUT2D eigenvalue weighted by Gasteiger charge is 2.12. The van der Waals surface area contributed by atoms with Crippen LogP contribution < -0.4 is 5.06 Å². The van der Waals surface area contributed by atoms with Gasteiger partial charge in [0, 0.05) is 6.54 Å². The minimum absolute atomic E-state index is 0.437. The minimum Gasteiger partial charge on any atom is -0.288 e. The van der Waals surface area contributed by atoms with Gasteiger partial charge in [0.05, 0.1) is 5.69 Å². The van der Waals surface area contributed by atoms with Gasteiger partial charge in [0.1, 0.15) is 0 Å². The van der Waals surface area contributed by atoms with Crippen molar-refractivity contribution < 1.29 is 5.21 Å². The van der Waals surface area contributed by atoms with Gasteiger partial charge in [-0.05, 0) is 37.0 Å². The number of hydrogen-bond donors (Lipinski definition) is 1. The monoisotopic (exact) mass is 193 g/mol. The Balaban J connectivity index is 3.21. The van der Waals surface area contributed by atoms with E-state index in [9.17, 15) is 5.21 Å². The molecule has 14 heavy (non-hydrogen) atoms. The molecule has 0 aliphatic rings. The van der Waals surface area contributed by atoms with Gasteiger partial charge in [-0.25, -0.2) is 0 Å². The van der Waals surface area contributed by atoms with Crippen molar-refractivity contribution in [2.75, 3.05) is 11.6 Å². The molecule has 0 saturated heterocycles. The highest BCUT2D eigenvalue weighted by molar-refractivity contribution is 5.56. The number of hydroxylamine groups is 1. The van der Waals surface area contributed by atoms with Crippen LogP contribution >= 0.6 is 0 Å². The van der Waals surface area contributed by atoms with E-state index < -0.39 is 0 Å². The molecule has 0 unspecified atom stereocenters. The predicted octanol–water partition coefficient (Wildman–Crippen LogP) is 3.33. The predicted molar refractivity (Wildman–Crippen MR) is 60.1 cm³/mol. The van der Waals surface area contributed by atoms with E-state index in [1.165, 1.54) is 16.2 Å². The number of aryl methyl sites for hydroxylation is 1. The molecule has 1 N–H and O–H groups in total. The van der Waals surface area contributed by atoms with Crippen LogP contribution in [0.2, 0.25) is 0 Å². The summed E-state index contributed by atoms with van der Waals surface area (Å²) in [5.74, 6) is 0.437. The van der Waals surface area contributed by atoms with Crippen molar-refractivity contribution in [1.29, 1.82) is 0 Å². The molecule has 0 aliphatic heterocycles. The minimum atomic E-state index is 0.437. The van der Waals surface area contributed by atoms with Crippen LogP contribution in [-0.4, -0.2) is 11.8 Å². The van der Waals surface area contributed by atoms with Gasteiger partial charge in [-0.15, -0.1) is 0 Å². The molecule has 0 heterocycles. The zero-order valence-corrected chi connectivity index (χ0v) is 9.41. The summed E-state index contributed by atoms with van der Waals surface area (Å²) in [6.07, 6.45) is 0. The van der Waals surface area contributed by atoms with E-state index in [0.29, 0.717) is 12.5 Å². The smallest absolute Gasteiger partial charge is 0.0671 e. The summed E-state index contributed by atoms with van der Waals surface area (Å²) >= 11 is 0. The Hall–Kier alpha value is -1.02. The van der Waals surface area contributed by atoms with Crippen LogP contribution in [0, 0.1) is 6.92 Å². The lowest BCUT2D eigenvalue weighted by molar-refractivity contribution is 0.259. The Morgan fingerprint density at radius 1 is 1.36 bits per heavy atom. The molecule has 0 aliphatic carbocycles. The lowest BCUT2D eigenvalue weighted by Gasteiger charge is -2.22. The molecule has 0 fully saturated rings. The fourth-order valence-corrected chi connectivity index (χ4v) is 1.81. The fraction of sp³-hybridized carbons (Fsp3) is 0.500. The highest BCUT2D eigenvalue weighted by atomic mass is 16.5. The largest absolute Gasteiger partial charge is 0.288 e. The highest BCUT2D eigenvalue weighted by Crippen LogP contribution is 2.29. The van der Waals surface area contributed by atoms with Crippen molar-refractivity contribution >= 4 is 5.69 Å². The second kappa shape index (κ2) is 4.47. The first-order chi connectivity index (χ1) is 6.57. The van der Waals surface area contributed by atoms with Crippen LogP contribution in [0.4, 0.5) is 5.69 Å². The topological polar surface area (TPSA) is 23.5 Å². The zero-order chi connectivity index (χ0) is 10.7. The van der Waals surface area contributed by atoms with Crippen LogP contribution in [0.15, 0.2) is 18.2 Å². The molecule has 0 spiro atoms. The van der Waals surface area contributed by atoms with E-state index in [4.69, 9.17) is 0 Å². The molecule has 2 nitrogen and oxygen atoms in total. The summed E-state index contributed by atoms with van der Waals surface area (Å²) in [4.78, 5) is 0. The van der Waals surface area contributed by atoms with Crippen molar-refractivity contribution in [3.05, 3.63) is 29.3 Å². The van der Waals surface area contributed by atoms with Gasteiger partial charge in [-0.1, -0.05) is 26.0 Å². The van der Waals surface area contributed by atoms with Crippen LogP contribution in [0.1, 0.15) is 37.8 Å².